The molecule has 2 rings (SSSR count). The molecular formula is C16H21BrN4O7. The van der Waals surface area contributed by atoms with Gasteiger partial charge in [-0.05, 0) is 25.0 Å². The number of esters is 1. The number of aliphatic hydroxyl groups excluding tert-OH is 1. The number of amides is 2. The van der Waals surface area contributed by atoms with Crippen LogP contribution in [0.5, 0.6) is 5.75 Å². The van der Waals surface area contributed by atoms with Crippen LogP contribution in [0.25, 0.3) is 0 Å². The van der Waals surface area contributed by atoms with Gasteiger partial charge >= 0.3 is 5.97 Å². The van der Waals surface area contributed by atoms with Crippen molar-refractivity contribution in [1.29, 1.82) is 0 Å². The number of ether oxygens (including phenoxy) is 1. The number of nitrogens with one attached hydrogen (secondary N) is 1. The fourth-order valence-corrected chi connectivity index (χ4v) is 2.67. The molecule has 12 heteroatoms. The predicted octanol–water partition coefficient (Wildman–Crippen LogP) is -0.495. The zero-order chi connectivity index (χ0) is 20.0. The molecule has 0 aromatic heterocycles. The number of nitrogens with zero attached hydrogens (tertiary/aromatic N) is 2. The summed E-state index contributed by atoms with van der Waals surface area (Å²) in [6.45, 7) is -0.608. The maximum absolute atomic E-state index is 12.3. The summed E-state index contributed by atoms with van der Waals surface area (Å²) in [7, 11) is 0. The third kappa shape index (κ3) is 5.97. The van der Waals surface area contributed by atoms with Crippen molar-refractivity contribution in [3.63, 3.8) is 0 Å². The lowest BCUT2D eigenvalue weighted by molar-refractivity contribution is -0.384. The first-order valence-corrected chi connectivity index (χ1v) is 8.23. The lowest BCUT2D eigenvalue weighted by Gasteiger charge is -2.25. The van der Waals surface area contributed by atoms with Crippen LogP contribution in [0, 0.1) is 10.1 Å². The molecule has 0 aliphatic carbocycles. The Hall–Kier alpha value is -2.57. The summed E-state index contributed by atoms with van der Waals surface area (Å²) in [5, 5.41) is 22.0. The van der Waals surface area contributed by atoms with Crippen LogP contribution in [0.2, 0.25) is 0 Å². The van der Waals surface area contributed by atoms with E-state index >= 15 is 0 Å². The Bertz CT molecular complexity index is 728. The number of carbonyl (C=O) groups excluding carboxylic acids is 3. The highest BCUT2D eigenvalue weighted by Gasteiger charge is 2.36. The average molecular weight is 461 g/mol. The number of nitro groups is 1. The van der Waals surface area contributed by atoms with Gasteiger partial charge < -0.3 is 25.8 Å². The lowest BCUT2D eigenvalue weighted by atomic mass is 10.2. The number of hydrogen-bond acceptors (Lipinski definition) is 8. The van der Waals surface area contributed by atoms with E-state index in [1.807, 2.05) is 0 Å². The molecule has 1 fully saturated rings. The molecule has 2 unspecified atom stereocenters. The third-order valence-corrected chi connectivity index (χ3v) is 4.04. The number of nitrogens with two attached hydrogens (primary N) is 1. The summed E-state index contributed by atoms with van der Waals surface area (Å²) in [5.41, 5.74) is 5.36. The smallest absolute Gasteiger partial charge is 0.330 e. The second-order valence-electron chi connectivity index (χ2n) is 5.92. The second-order valence-corrected chi connectivity index (χ2v) is 5.92. The fourth-order valence-electron chi connectivity index (χ4n) is 2.67. The number of carbonyl (C=O) groups is 3. The molecule has 1 aliphatic rings. The largest absolute Gasteiger partial charge is 0.425 e. The molecule has 1 heterocycles. The minimum atomic E-state index is -1.09. The molecule has 11 nitrogen and oxygen atoms in total. The summed E-state index contributed by atoms with van der Waals surface area (Å²) < 4.78 is 4.98. The van der Waals surface area contributed by atoms with Crippen LogP contribution in [-0.4, -0.2) is 64.5 Å². The highest BCUT2D eigenvalue weighted by atomic mass is 79.9. The maximum Gasteiger partial charge on any atom is 0.330 e. The van der Waals surface area contributed by atoms with Gasteiger partial charge in [0.25, 0.3) is 5.69 Å². The zero-order valence-corrected chi connectivity index (χ0v) is 16.5. The van der Waals surface area contributed by atoms with Gasteiger partial charge in [-0.2, -0.15) is 0 Å². The van der Waals surface area contributed by atoms with Crippen LogP contribution < -0.4 is 15.8 Å². The monoisotopic (exact) mass is 460 g/mol. The lowest BCUT2D eigenvalue weighted by Crippen LogP contribution is -2.52. The van der Waals surface area contributed by atoms with Gasteiger partial charge in [0.05, 0.1) is 11.5 Å². The van der Waals surface area contributed by atoms with Crippen LogP contribution in [0.4, 0.5) is 5.69 Å². The summed E-state index contributed by atoms with van der Waals surface area (Å²) in [6.07, 6.45) is 1.03. The quantitative estimate of drug-likeness (QED) is 0.212. The normalized spacial score (nSPS) is 16.6. The third-order valence-electron chi connectivity index (χ3n) is 4.04. The van der Waals surface area contributed by atoms with E-state index in [9.17, 15) is 24.5 Å². The van der Waals surface area contributed by atoms with Gasteiger partial charge in [-0.15, -0.1) is 17.0 Å². The number of hydrogen-bond donors (Lipinski definition) is 3. The molecule has 28 heavy (non-hydrogen) atoms. The van der Waals surface area contributed by atoms with Crippen molar-refractivity contribution in [1.82, 2.24) is 10.2 Å². The number of nitro benzene ring substituents is 1. The van der Waals surface area contributed by atoms with E-state index in [2.05, 4.69) is 5.32 Å². The van der Waals surface area contributed by atoms with E-state index in [1.165, 1.54) is 29.2 Å². The first-order chi connectivity index (χ1) is 12.8. The summed E-state index contributed by atoms with van der Waals surface area (Å²) in [4.78, 5) is 47.4. The van der Waals surface area contributed by atoms with Gasteiger partial charge in [0.15, 0.2) is 0 Å². The molecule has 1 saturated heterocycles. The molecule has 2 atom stereocenters. The second kappa shape index (κ2) is 10.7. The van der Waals surface area contributed by atoms with Gasteiger partial charge in [-0.3, -0.25) is 19.7 Å². The van der Waals surface area contributed by atoms with E-state index < -0.39 is 47.9 Å². The highest BCUT2D eigenvalue weighted by Crippen LogP contribution is 2.19. The Balaban J connectivity index is 0.00000392. The van der Waals surface area contributed by atoms with Crippen molar-refractivity contribution >= 4 is 40.5 Å². The number of likely N-dealkylation sites (tertiary alicyclic amines) is 1. The van der Waals surface area contributed by atoms with Crippen molar-refractivity contribution in [2.24, 2.45) is 5.73 Å². The first-order valence-electron chi connectivity index (χ1n) is 8.23. The van der Waals surface area contributed by atoms with Crippen LogP contribution in [0.1, 0.15) is 12.8 Å². The predicted molar refractivity (Wildman–Crippen MR) is 102 cm³/mol. The average Bonchev–Trinajstić information content (AvgIpc) is 3.15. The minimum Gasteiger partial charge on any atom is -0.425 e. The van der Waals surface area contributed by atoms with E-state index in [0.717, 1.165) is 0 Å². The van der Waals surface area contributed by atoms with Crippen molar-refractivity contribution in [3.8, 4) is 5.75 Å². The molecule has 0 radical (unpaired) electrons. The van der Waals surface area contributed by atoms with E-state index in [-0.39, 0.29) is 28.4 Å². The molecule has 2 amide bonds. The molecule has 4 N–H and O–H groups in total. The molecule has 1 aromatic rings. The number of halogens is 1. The minimum absolute atomic E-state index is 0. The van der Waals surface area contributed by atoms with E-state index in [0.29, 0.717) is 19.4 Å². The Morgan fingerprint density at radius 3 is 2.57 bits per heavy atom. The topological polar surface area (TPSA) is 165 Å². The van der Waals surface area contributed by atoms with Gasteiger partial charge in [-0.25, -0.2) is 4.79 Å². The van der Waals surface area contributed by atoms with Crippen LogP contribution >= 0.6 is 17.0 Å². The molecule has 0 spiro atoms. The molecule has 1 aliphatic heterocycles. The van der Waals surface area contributed by atoms with Gasteiger partial charge in [0.1, 0.15) is 24.4 Å². The van der Waals surface area contributed by atoms with E-state index in [1.54, 1.807) is 0 Å². The highest BCUT2D eigenvalue weighted by molar-refractivity contribution is 8.93. The maximum atomic E-state index is 12.3. The zero-order valence-electron chi connectivity index (χ0n) is 14.8. The van der Waals surface area contributed by atoms with Crippen molar-refractivity contribution in [2.45, 2.75) is 24.9 Å². The Kier molecular flexibility index (Phi) is 8.96. The van der Waals surface area contributed by atoms with Crippen molar-refractivity contribution < 1.29 is 29.2 Å². The first kappa shape index (κ1) is 23.5. The molecular weight excluding hydrogens is 440 g/mol. The Morgan fingerprint density at radius 2 is 2.00 bits per heavy atom. The van der Waals surface area contributed by atoms with Crippen LogP contribution in [-0.2, 0) is 14.4 Å². The summed E-state index contributed by atoms with van der Waals surface area (Å²) in [5.74, 6) is -1.71. The summed E-state index contributed by atoms with van der Waals surface area (Å²) >= 11 is 0. The SMILES string of the molecule is Br.NC(CO)C(=O)N1CCCC1C(=O)NCC(=O)Oc1ccc([N+](=O)[O-])cc1. The van der Waals surface area contributed by atoms with Crippen LogP contribution in [0.15, 0.2) is 24.3 Å². The van der Waals surface area contributed by atoms with Crippen LogP contribution in [0.3, 0.4) is 0 Å². The van der Waals surface area contributed by atoms with Crippen molar-refractivity contribution in [2.75, 3.05) is 19.7 Å². The van der Waals surface area contributed by atoms with Crippen molar-refractivity contribution in [3.05, 3.63) is 34.4 Å². The molecule has 0 bridgehead atoms. The molecule has 154 valence electrons. The Morgan fingerprint density at radius 1 is 1.36 bits per heavy atom. The van der Waals surface area contributed by atoms with Gasteiger partial charge in [0.2, 0.25) is 11.8 Å². The number of non-ortho nitro benzene ring substituents is 1. The number of rotatable bonds is 7. The molecule has 1 aromatic carbocycles. The number of benzene rings is 1. The van der Waals surface area contributed by atoms with Gasteiger partial charge in [-0.1, -0.05) is 0 Å². The standard InChI is InChI=1S/C16H20N4O7.BrH/c17-12(9-21)16(24)19-7-1-2-13(19)15(23)18-8-14(22)27-11-5-3-10(4-6-11)20(25)26;/h3-6,12-13,21H,1-2,7-9,17H2,(H,18,23);1H. The molecule has 0 saturated carbocycles. The van der Waals surface area contributed by atoms with E-state index in [4.69, 9.17) is 15.6 Å². The number of aliphatic hydroxyl groups is 1. The Labute approximate surface area is 170 Å². The fraction of sp³-hybridized carbons (Fsp3) is 0.438. The summed E-state index contributed by atoms with van der Waals surface area (Å²) in [6, 6.07) is 3.06. The van der Waals surface area contributed by atoms with Gasteiger partial charge in [0, 0.05) is 18.7 Å².